The fourth-order valence-electron chi connectivity index (χ4n) is 2.16. The molecule has 1 saturated heterocycles. The maximum atomic E-state index is 5.75. The number of ether oxygens (including phenoxy) is 2. The van der Waals surface area contributed by atoms with Crippen molar-refractivity contribution in [1.82, 2.24) is 9.97 Å². The van der Waals surface area contributed by atoms with Gasteiger partial charge in [-0.25, -0.2) is 9.97 Å². The van der Waals surface area contributed by atoms with Gasteiger partial charge in [-0.15, -0.1) is 0 Å². The van der Waals surface area contributed by atoms with E-state index in [9.17, 15) is 0 Å². The molecule has 0 radical (unpaired) electrons. The minimum atomic E-state index is -0.0911. The third-order valence-corrected chi connectivity index (χ3v) is 3.25. The van der Waals surface area contributed by atoms with Crippen LogP contribution in [0.4, 0.5) is 11.6 Å². The predicted octanol–water partition coefficient (Wildman–Crippen LogP) is 1.65. The maximum Gasteiger partial charge on any atom is 0.158 e. The van der Waals surface area contributed by atoms with Crippen LogP contribution in [-0.4, -0.2) is 42.9 Å². The topological polar surface area (TPSA) is 68.3 Å². The van der Waals surface area contributed by atoms with Gasteiger partial charge in [0, 0.05) is 33.4 Å². The van der Waals surface area contributed by atoms with Crippen LogP contribution in [0.15, 0.2) is 6.07 Å². The lowest BCUT2D eigenvalue weighted by molar-refractivity contribution is 0.0314. The predicted molar refractivity (Wildman–Crippen MR) is 74.4 cm³/mol. The molecule has 1 aromatic rings. The van der Waals surface area contributed by atoms with Crippen molar-refractivity contribution < 1.29 is 9.47 Å². The zero-order valence-corrected chi connectivity index (χ0v) is 11.8. The number of methoxy groups -OCH3 is 1. The zero-order chi connectivity index (χ0) is 13.7. The molecule has 0 aromatic carbocycles. The Morgan fingerprint density at radius 3 is 2.84 bits per heavy atom. The van der Waals surface area contributed by atoms with E-state index in [1.54, 1.807) is 7.11 Å². The molecule has 19 heavy (non-hydrogen) atoms. The van der Waals surface area contributed by atoms with E-state index in [0.717, 1.165) is 37.6 Å². The number of hydrogen-bond donors (Lipinski definition) is 2. The van der Waals surface area contributed by atoms with Crippen LogP contribution in [0, 0.1) is 0 Å². The highest BCUT2D eigenvalue weighted by Gasteiger charge is 2.29. The zero-order valence-electron chi connectivity index (χ0n) is 11.8. The van der Waals surface area contributed by atoms with Crippen LogP contribution in [0.3, 0.4) is 0 Å². The maximum absolute atomic E-state index is 5.75. The first-order chi connectivity index (χ1) is 9.15. The standard InChI is InChI=1S/C13H22N4O2/c1-13(5-4-6-19-13)9-15-11-7-10(14-2)16-12(17-11)8-18-3/h7H,4-6,8-9H2,1-3H3,(H2,14,15,16,17). The number of rotatable bonds is 6. The molecule has 0 spiro atoms. The molecule has 1 aliphatic rings. The molecular weight excluding hydrogens is 244 g/mol. The molecule has 1 unspecified atom stereocenters. The van der Waals surface area contributed by atoms with E-state index in [4.69, 9.17) is 9.47 Å². The Morgan fingerprint density at radius 2 is 2.21 bits per heavy atom. The Labute approximate surface area is 113 Å². The highest BCUT2D eigenvalue weighted by molar-refractivity contribution is 5.47. The van der Waals surface area contributed by atoms with E-state index in [-0.39, 0.29) is 5.60 Å². The van der Waals surface area contributed by atoms with Gasteiger partial charge in [-0.2, -0.15) is 0 Å². The van der Waals surface area contributed by atoms with Crippen molar-refractivity contribution in [1.29, 1.82) is 0 Å². The minimum Gasteiger partial charge on any atom is -0.377 e. The fraction of sp³-hybridized carbons (Fsp3) is 0.692. The Balaban J connectivity index is 2.04. The Bertz CT molecular complexity index is 419. The quantitative estimate of drug-likeness (QED) is 0.816. The molecule has 2 rings (SSSR count). The van der Waals surface area contributed by atoms with Gasteiger partial charge >= 0.3 is 0 Å². The van der Waals surface area contributed by atoms with E-state index < -0.39 is 0 Å². The van der Waals surface area contributed by atoms with Gasteiger partial charge in [-0.1, -0.05) is 0 Å². The second-order valence-corrected chi connectivity index (χ2v) is 4.99. The lowest BCUT2D eigenvalue weighted by Crippen LogP contribution is -2.32. The van der Waals surface area contributed by atoms with E-state index >= 15 is 0 Å². The molecule has 6 nitrogen and oxygen atoms in total. The van der Waals surface area contributed by atoms with Crippen molar-refractivity contribution in [2.75, 3.05) is 37.9 Å². The summed E-state index contributed by atoms with van der Waals surface area (Å²) in [7, 11) is 3.47. The Hall–Kier alpha value is -1.40. The second-order valence-electron chi connectivity index (χ2n) is 4.99. The monoisotopic (exact) mass is 266 g/mol. The van der Waals surface area contributed by atoms with Gasteiger partial charge < -0.3 is 20.1 Å². The summed E-state index contributed by atoms with van der Waals surface area (Å²) in [5, 5.41) is 6.35. The van der Waals surface area contributed by atoms with Gasteiger partial charge in [0.05, 0.1) is 5.60 Å². The first kappa shape index (κ1) is 14.0. The molecule has 106 valence electrons. The SMILES string of the molecule is CNc1cc(NCC2(C)CCCO2)nc(COC)n1. The molecule has 0 saturated carbocycles. The number of anilines is 2. The van der Waals surface area contributed by atoms with Crippen LogP contribution < -0.4 is 10.6 Å². The van der Waals surface area contributed by atoms with Crippen molar-refractivity contribution in [2.24, 2.45) is 0 Å². The summed E-state index contributed by atoms with van der Waals surface area (Å²) >= 11 is 0. The van der Waals surface area contributed by atoms with E-state index in [1.165, 1.54) is 0 Å². The summed E-state index contributed by atoms with van der Waals surface area (Å²) in [4.78, 5) is 8.74. The van der Waals surface area contributed by atoms with Gasteiger partial charge in [-0.05, 0) is 19.8 Å². The fourth-order valence-corrected chi connectivity index (χ4v) is 2.16. The normalized spacial score (nSPS) is 22.5. The van der Waals surface area contributed by atoms with E-state index in [2.05, 4.69) is 27.5 Å². The summed E-state index contributed by atoms with van der Waals surface area (Å²) in [6, 6.07) is 1.89. The molecule has 2 N–H and O–H groups in total. The molecule has 6 heteroatoms. The summed E-state index contributed by atoms with van der Waals surface area (Å²) in [6.07, 6.45) is 2.20. The first-order valence-electron chi connectivity index (χ1n) is 6.58. The molecule has 0 bridgehead atoms. The minimum absolute atomic E-state index is 0.0911. The highest BCUT2D eigenvalue weighted by atomic mass is 16.5. The van der Waals surface area contributed by atoms with Crippen LogP contribution in [-0.2, 0) is 16.1 Å². The number of nitrogens with one attached hydrogen (secondary N) is 2. The number of nitrogens with zero attached hydrogens (tertiary/aromatic N) is 2. The molecular formula is C13H22N4O2. The third-order valence-electron chi connectivity index (χ3n) is 3.25. The van der Waals surface area contributed by atoms with E-state index in [0.29, 0.717) is 12.4 Å². The number of aromatic nitrogens is 2. The van der Waals surface area contributed by atoms with Crippen LogP contribution >= 0.6 is 0 Å². The van der Waals surface area contributed by atoms with Crippen molar-refractivity contribution in [2.45, 2.75) is 32.0 Å². The molecule has 2 heterocycles. The molecule has 0 aliphatic carbocycles. The van der Waals surface area contributed by atoms with Crippen molar-refractivity contribution in [3.8, 4) is 0 Å². The van der Waals surface area contributed by atoms with Crippen LogP contribution in [0.2, 0.25) is 0 Å². The van der Waals surface area contributed by atoms with Gasteiger partial charge in [0.25, 0.3) is 0 Å². The summed E-state index contributed by atoms with van der Waals surface area (Å²) in [6.45, 7) is 4.12. The Morgan fingerprint density at radius 1 is 1.42 bits per heavy atom. The lowest BCUT2D eigenvalue weighted by atomic mass is 10.0. The van der Waals surface area contributed by atoms with Crippen molar-refractivity contribution in [3.05, 3.63) is 11.9 Å². The lowest BCUT2D eigenvalue weighted by Gasteiger charge is -2.23. The summed E-state index contributed by atoms with van der Waals surface area (Å²) in [5.74, 6) is 2.24. The molecule has 1 fully saturated rings. The molecule has 1 aromatic heterocycles. The van der Waals surface area contributed by atoms with Crippen LogP contribution in [0.1, 0.15) is 25.6 Å². The summed E-state index contributed by atoms with van der Waals surface area (Å²) < 4.78 is 10.8. The average Bonchev–Trinajstić information content (AvgIpc) is 2.84. The summed E-state index contributed by atoms with van der Waals surface area (Å²) in [5.41, 5.74) is -0.0911. The largest absolute Gasteiger partial charge is 0.377 e. The second kappa shape index (κ2) is 6.16. The molecule has 0 amide bonds. The molecule has 1 atom stereocenters. The van der Waals surface area contributed by atoms with E-state index in [1.807, 2.05) is 13.1 Å². The Kier molecular flexibility index (Phi) is 4.55. The van der Waals surface area contributed by atoms with Crippen LogP contribution in [0.5, 0.6) is 0 Å². The number of hydrogen-bond acceptors (Lipinski definition) is 6. The van der Waals surface area contributed by atoms with Crippen molar-refractivity contribution >= 4 is 11.6 Å². The van der Waals surface area contributed by atoms with Gasteiger partial charge in [0.1, 0.15) is 18.2 Å². The van der Waals surface area contributed by atoms with Gasteiger partial charge in [0.15, 0.2) is 5.82 Å². The smallest absolute Gasteiger partial charge is 0.158 e. The molecule has 1 aliphatic heterocycles. The third kappa shape index (κ3) is 3.78. The van der Waals surface area contributed by atoms with Crippen LogP contribution in [0.25, 0.3) is 0 Å². The highest BCUT2D eigenvalue weighted by Crippen LogP contribution is 2.25. The van der Waals surface area contributed by atoms with Crippen molar-refractivity contribution in [3.63, 3.8) is 0 Å². The first-order valence-corrected chi connectivity index (χ1v) is 6.58. The average molecular weight is 266 g/mol. The van der Waals surface area contributed by atoms with Gasteiger partial charge in [0.2, 0.25) is 0 Å². The van der Waals surface area contributed by atoms with Gasteiger partial charge in [-0.3, -0.25) is 0 Å².